The molecule has 0 atom stereocenters. The number of carboxylic acids is 1. The van der Waals surface area contributed by atoms with Crippen molar-refractivity contribution in [2.24, 2.45) is 0 Å². The highest BCUT2D eigenvalue weighted by molar-refractivity contribution is 7.89. The lowest BCUT2D eigenvalue weighted by Gasteiger charge is -2.15. The Hall–Kier alpha value is -1.64. The van der Waals surface area contributed by atoms with Crippen molar-refractivity contribution in [1.29, 1.82) is 0 Å². The summed E-state index contributed by atoms with van der Waals surface area (Å²) in [5, 5.41) is 17.9. The third kappa shape index (κ3) is 2.70. The summed E-state index contributed by atoms with van der Waals surface area (Å²) < 4.78 is 26.6. The van der Waals surface area contributed by atoms with E-state index in [2.05, 4.69) is 4.72 Å². The van der Waals surface area contributed by atoms with Gasteiger partial charge in [-0.25, -0.2) is 17.9 Å². The van der Waals surface area contributed by atoms with Crippen LogP contribution in [-0.2, 0) is 10.0 Å². The summed E-state index contributed by atoms with van der Waals surface area (Å²) in [5.41, 5.74) is 4.56. The zero-order valence-corrected chi connectivity index (χ0v) is 10.8. The highest BCUT2D eigenvalue weighted by Crippen LogP contribution is 2.36. The van der Waals surface area contributed by atoms with Crippen molar-refractivity contribution in [1.82, 2.24) is 4.72 Å². The first kappa shape index (κ1) is 13.8. The lowest BCUT2D eigenvalue weighted by molar-refractivity contribution is 0.0697. The Balaban J connectivity index is 2.33. The number of benzene rings is 1. The van der Waals surface area contributed by atoms with Gasteiger partial charge in [-0.1, -0.05) is 0 Å². The molecule has 8 heteroatoms. The molecule has 1 aromatic carbocycles. The maximum Gasteiger partial charge on any atom is 0.335 e. The van der Waals surface area contributed by atoms with Crippen molar-refractivity contribution < 1.29 is 23.4 Å². The molecule has 5 N–H and O–H groups in total. The first-order chi connectivity index (χ1) is 8.80. The summed E-state index contributed by atoms with van der Waals surface area (Å²) in [6.07, 6.45) is 1.13. The molecule has 0 unspecified atom stereocenters. The molecular formula is C11H14N2O5S. The van der Waals surface area contributed by atoms with Crippen LogP contribution in [0.4, 0.5) is 5.69 Å². The van der Waals surface area contributed by atoms with Crippen LogP contribution < -0.4 is 10.5 Å². The van der Waals surface area contributed by atoms with Crippen LogP contribution in [0, 0.1) is 0 Å². The van der Waals surface area contributed by atoms with Gasteiger partial charge in [0.15, 0.2) is 0 Å². The van der Waals surface area contributed by atoms with E-state index in [-0.39, 0.29) is 22.8 Å². The van der Waals surface area contributed by atoms with Crippen LogP contribution >= 0.6 is 0 Å². The molecule has 0 saturated heterocycles. The number of rotatable bonds is 5. The van der Waals surface area contributed by atoms with E-state index in [0.717, 1.165) is 12.1 Å². The van der Waals surface area contributed by atoms with Crippen molar-refractivity contribution in [2.45, 2.75) is 23.3 Å². The summed E-state index contributed by atoms with van der Waals surface area (Å²) in [6, 6.07) is 3.41. The molecule has 0 amide bonds. The number of aliphatic hydroxyl groups excluding tert-OH is 1. The second-order valence-corrected chi connectivity index (χ2v) is 6.25. The number of nitrogen functional groups attached to an aromatic ring is 1. The maximum absolute atomic E-state index is 12.1. The minimum Gasteiger partial charge on any atom is -0.478 e. The third-order valence-electron chi connectivity index (χ3n) is 3.05. The number of carboxylic acid groups (broad SMARTS) is 1. The standard InChI is InChI=1S/C11H14N2O5S/c12-8-5-7(10(15)16)1-2-9(8)19(17,18)13-11(6-14)3-4-11/h1-2,5,13-14H,3-4,6,12H2,(H,15,16). The number of carbonyl (C=O) groups is 1. The predicted molar refractivity (Wildman–Crippen MR) is 67.2 cm³/mol. The Bertz CT molecular complexity index is 622. The fraction of sp³-hybridized carbons (Fsp3) is 0.364. The van der Waals surface area contributed by atoms with Crippen LogP contribution in [-0.4, -0.2) is 36.7 Å². The van der Waals surface area contributed by atoms with Crippen LogP contribution in [0.25, 0.3) is 0 Å². The Morgan fingerprint density at radius 1 is 1.42 bits per heavy atom. The van der Waals surface area contributed by atoms with Crippen LogP contribution in [0.5, 0.6) is 0 Å². The van der Waals surface area contributed by atoms with Crippen LogP contribution in [0.15, 0.2) is 23.1 Å². The molecule has 1 saturated carbocycles. The molecule has 0 spiro atoms. The molecule has 0 aromatic heterocycles. The van der Waals surface area contributed by atoms with Gasteiger partial charge in [-0.2, -0.15) is 0 Å². The van der Waals surface area contributed by atoms with Gasteiger partial charge in [0, 0.05) is 0 Å². The fourth-order valence-electron chi connectivity index (χ4n) is 1.71. The highest BCUT2D eigenvalue weighted by atomic mass is 32.2. The van der Waals surface area contributed by atoms with Gasteiger partial charge in [-0.15, -0.1) is 0 Å². The summed E-state index contributed by atoms with van der Waals surface area (Å²) in [7, 11) is -3.87. The Labute approximate surface area is 110 Å². The minimum absolute atomic E-state index is 0.0836. The largest absolute Gasteiger partial charge is 0.478 e. The van der Waals surface area contributed by atoms with Crippen molar-refractivity contribution in [3.63, 3.8) is 0 Å². The van der Waals surface area contributed by atoms with Gasteiger partial charge in [-0.3, -0.25) is 0 Å². The van der Waals surface area contributed by atoms with Crippen molar-refractivity contribution >= 4 is 21.7 Å². The van der Waals surface area contributed by atoms with Gasteiger partial charge < -0.3 is 15.9 Å². The van der Waals surface area contributed by atoms with Gasteiger partial charge in [0.05, 0.1) is 23.4 Å². The van der Waals surface area contributed by atoms with E-state index in [1.807, 2.05) is 0 Å². The molecule has 0 radical (unpaired) electrons. The summed E-state index contributed by atoms with van der Waals surface area (Å²) in [4.78, 5) is 10.6. The lowest BCUT2D eigenvalue weighted by Crippen LogP contribution is -2.39. The Morgan fingerprint density at radius 3 is 2.47 bits per heavy atom. The number of hydrogen-bond donors (Lipinski definition) is 4. The number of nitrogens with two attached hydrogens (primary N) is 1. The molecule has 1 fully saturated rings. The first-order valence-corrected chi connectivity index (χ1v) is 7.06. The average Bonchev–Trinajstić information content (AvgIpc) is 3.08. The molecule has 1 aromatic rings. The van der Waals surface area contributed by atoms with Gasteiger partial charge in [0.25, 0.3) is 0 Å². The second kappa shape index (κ2) is 4.48. The quantitative estimate of drug-likeness (QED) is 0.553. The van der Waals surface area contributed by atoms with E-state index in [1.54, 1.807) is 0 Å². The lowest BCUT2D eigenvalue weighted by atomic mass is 10.2. The average molecular weight is 286 g/mol. The van der Waals surface area contributed by atoms with E-state index >= 15 is 0 Å². The monoisotopic (exact) mass is 286 g/mol. The zero-order valence-electron chi connectivity index (χ0n) is 9.96. The molecule has 19 heavy (non-hydrogen) atoms. The molecule has 0 aliphatic heterocycles. The minimum atomic E-state index is -3.87. The van der Waals surface area contributed by atoms with Crippen molar-refractivity contribution in [2.75, 3.05) is 12.3 Å². The Kier molecular flexibility index (Phi) is 3.25. The van der Waals surface area contributed by atoms with Gasteiger partial charge >= 0.3 is 5.97 Å². The van der Waals surface area contributed by atoms with Gasteiger partial charge in [0.2, 0.25) is 10.0 Å². The smallest absolute Gasteiger partial charge is 0.335 e. The summed E-state index contributed by atoms with van der Waals surface area (Å²) in [6.45, 7) is -0.278. The molecule has 2 rings (SSSR count). The van der Waals surface area contributed by atoms with E-state index in [1.165, 1.54) is 6.07 Å². The summed E-state index contributed by atoms with van der Waals surface area (Å²) in [5.74, 6) is -1.18. The molecule has 0 bridgehead atoms. The number of aliphatic hydroxyl groups is 1. The highest BCUT2D eigenvalue weighted by Gasteiger charge is 2.45. The summed E-state index contributed by atoms with van der Waals surface area (Å²) >= 11 is 0. The van der Waals surface area contributed by atoms with Gasteiger partial charge in [-0.05, 0) is 31.0 Å². The first-order valence-electron chi connectivity index (χ1n) is 5.57. The molecule has 1 aliphatic rings. The number of aromatic carboxylic acids is 1. The number of nitrogens with one attached hydrogen (secondary N) is 1. The van der Waals surface area contributed by atoms with Crippen LogP contribution in [0.2, 0.25) is 0 Å². The third-order valence-corrected chi connectivity index (χ3v) is 4.71. The molecule has 7 nitrogen and oxygen atoms in total. The number of hydrogen-bond acceptors (Lipinski definition) is 5. The van der Waals surface area contributed by atoms with Crippen LogP contribution in [0.3, 0.4) is 0 Å². The number of anilines is 1. The normalized spacial score (nSPS) is 17.1. The van der Waals surface area contributed by atoms with E-state index in [0.29, 0.717) is 12.8 Å². The van der Waals surface area contributed by atoms with Crippen LogP contribution in [0.1, 0.15) is 23.2 Å². The van der Waals surface area contributed by atoms with Crippen molar-refractivity contribution in [3.8, 4) is 0 Å². The fourth-order valence-corrected chi connectivity index (χ4v) is 3.27. The second-order valence-electron chi connectivity index (χ2n) is 4.60. The predicted octanol–water partition coefficient (Wildman–Crippen LogP) is -0.230. The molecular weight excluding hydrogens is 272 g/mol. The molecule has 104 valence electrons. The van der Waals surface area contributed by atoms with Gasteiger partial charge in [0.1, 0.15) is 4.90 Å². The maximum atomic E-state index is 12.1. The SMILES string of the molecule is Nc1cc(C(=O)O)ccc1S(=O)(=O)NC1(CO)CC1. The van der Waals surface area contributed by atoms with E-state index < -0.39 is 21.5 Å². The number of sulfonamides is 1. The molecule has 1 aliphatic carbocycles. The Morgan fingerprint density at radius 2 is 2.05 bits per heavy atom. The van der Waals surface area contributed by atoms with E-state index in [9.17, 15) is 13.2 Å². The van der Waals surface area contributed by atoms with Crippen molar-refractivity contribution in [3.05, 3.63) is 23.8 Å². The zero-order chi connectivity index (χ0) is 14.3. The molecule has 0 heterocycles. The topological polar surface area (TPSA) is 130 Å². The van der Waals surface area contributed by atoms with E-state index in [4.69, 9.17) is 15.9 Å².